The van der Waals surface area contributed by atoms with Gasteiger partial charge in [0.05, 0.1) is 13.2 Å². The van der Waals surface area contributed by atoms with Gasteiger partial charge in [-0.1, -0.05) is 25.1 Å². The largest absolute Gasteiger partial charge is 0.497 e. The smallest absolute Gasteiger partial charge is 0.259 e. The number of benzene rings is 2. The first-order valence-electron chi connectivity index (χ1n) is 10.3. The van der Waals surface area contributed by atoms with Crippen LogP contribution in [0.15, 0.2) is 54.7 Å². The van der Waals surface area contributed by atoms with Gasteiger partial charge < -0.3 is 24.3 Å². The van der Waals surface area contributed by atoms with Crippen LogP contribution in [0.4, 0.5) is 0 Å². The highest BCUT2D eigenvalue weighted by Gasteiger charge is 2.18. The molecule has 1 unspecified atom stereocenters. The zero-order valence-electron chi connectivity index (χ0n) is 18.4. The Balaban J connectivity index is 1.71. The number of hydrogen-bond donors (Lipinski definition) is 1. The highest BCUT2D eigenvalue weighted by Crippen LogP contribution is 2.27. The molecule has 0 bridgehead atoms. The van der Waals surface area contributed by atoms with E-state index in [-0.39, 0.29) is 31.0 Å². The summed E-state index contributed by atoms with van der Waals surface area (Å²) in [4.78, 5) is 26.2. The van der Waals surface area contributed by atoms with Gasteiger partial charge in [0, 0.05) is 36.8 Å². The first kappa shape index (κ1) is 22.2. The van der Waals surface area contributed by atoms with Crippen molar-refractivity contribution in [1.29, 1.82) is 0 Å². The lowest BCUT2D eigenvalue weighted by Crippen LogP contribution is -2.32. The molecule has 7 nitrogen and oxygen atoms in total. The van der Waals surface area contributed by atoms with Crippen molar-refractivity contribution in [3.8, 4) is 11.5 Å². The summed E-state index contributed by atoms with van der Waals surface area (Å²) in [5.74, 6) is 1.16. The molecule has 0 saturated carbocycles. The van der Waals surface area contributed by atoms with Gasteiger partial charge in [-0.2, -0.15) is 0 Å². The maximum atomic E-state index is 12.8. The molecule has 164 valence electrons. The van der Waals surface area contributed by atoms with Crippen LogP contribution in [0.25, 0.3) is 10.9 Å². The Labute approximate surface area is 182 Å². The Kier molecular flexibility index (Phi) is 7.18. The minimum absolute atomic E-state index is 0.0484. The summed E-state index contributed by atoms with van der Waals surface area (Å²) in [5.41, 5.74) is 1.82. The third-order valence-electron chi connectivity index (χ3n) is 5.18. The highest BCUT2D eigenvalue weighted by atomic mass is 16.5. The Morgan fingerprint density at radius 3 is 2.61 bits per heavy atom. The molecule has 0 aliphatic rings. The van der Waals surface area contributed by atoms with E-state index in [0.717, 1.165) is 22.2 Å². The third-order valence-corrected chi connectivity index (χ3v) is 5.18. The summed E-state index contributed by atoms with van der Waals surface area (Å²) >= 11 is 0. The van der Waals surface area contributed by atoms with Crippen molar-refractivity contribution in [1.82, 2.24) is 14.8 Å². The fourth-order valence-corrected chi connectivity index (χ4v) is 3.41. The molecule has 0 spiro atoms. The van der Waals surface area contributed by atoms with E-state index >= 15 is 0 Å². The third kappa shape index (κ3) is 5.36. The Morgan fingerprint density at radius 2 is 1.90 bits per heavy atom. The summed E-state index contributed by atoms with van der Waals surface area (Å²) in [5, 5.41) is 4.12. The average Bonchev–Trinajstić information content (AvgIpc) is 3.17. The van der Waals surface area contributed by atoms with Crippen LogP contribution in [0.5, 0.6) is 11.5 Å². The molecular weight excluding hydrogens is 394 g/mol. The molecule has 0 fully saturated rings. The normalized spacial score (nSPS) is 11.7. The number of fused-ring (bicyclic) bond motifs is 1. The number of carbonyl (C=O) groups excluding carboxylic acids is 2. The monoisotopic (exact) mass is 423 g/mol. The fraction of sp³-hybridized carbons (Fsp3) is 0.333. The van der Waals surface area contributed by atoms with E-state index in [0.29, 0.717) is 12.2 Å². The van der Waals surface area contributed by atoms with E-state index in [4.69, 9.17) is 9.47 Å². The van der Waals surface area contributed by atoms with Crippen LogP contribution >= 0.6 is 0 Å². The number of methoxy groups -OCH3 is 1. The highest BCUT2D eigenvalue weighted by molar-refractivity contribution is 5.84. The standard InChI is InChI=1S/C24H29N3O4/c1-5-20(19-8-6-7-9-22(19)31-16-24(29)26(2)3)25-23(28)15-27-13-12-17-14-18(30-4)10-11-21(17)27/h6-14,20H,5,15-16H2,1-4H3,(H,25,28). The molecule has 0 saturated heterocycles. The van der Waals surface area contributed by atoms with Gasteiger partial charge in [-0.3, -0.25) is 9.59 Å². The van der Waals surface area contributed by atoms with Crippen LogP contribution < -0.4 is 14.8 Å². The van der Waals surface area contributed by atoms with E-state index in [1.165, 1.54) is 4.90 Å². The molecule has 1 aromatic heterocycles. The van der Waals surface area contributed by atoms with Crippen molar-refractivity contribution in [2.45, 2.75) is 25.9 Å². The molecule has 31 heavy (non-hydrogen) atoms. The lowest BCUT2D eigenvalue weighted by atomic mass is 10.0. The van der Waals surface area contributed by atoms with E-state index in [1.54, 1.807) is 21.2 Å². The molecule has 2 amide bonds. The van der Waals surface area contributed by atoms with E-state index < -0.39 is 0 Å². The van der Waals surface area contributed by atoms with Gasteiger partial charge in [0.15, 0.2) is 6.61 Å². The second kappa shape index (κ2) is 10.0. The molecule has 0 aliphatic carbocycles. The minimum atomic E-state index is -0.222. The first-order chi connectivity index (χ1) is 14.9. The SMILES string of the molecule is CCC(NC(=O)Cn1ccc2cc(OC)ccc21)c1ccccc1OCC(=O)N(C)C. The quantitative estimate of drug-likeness (QED) is 0.573. The van der Waals surface area contributed by atoms with Gasteiger partial charge in [0.2, 0.25) is 5.91 Å². The van der Waals surface area contributed by atoms with Crippen LogP contribution in [0, 0.1) is 0 Å². The summed E-state index contributed by atoms with van der Waals surface area (Å²) in [6.07, 6.45) is 2.59. The molecule has 7 heteroatoms. The van der Waals surface area contributed by atoms with Gasteiger partial charge in [-0.15, -0.1) is 0 Å². The number of ether oxygens (including phenoxy) is 2. The van der Waals surface area contributed by atoms with Crippen LogP contribution in [0.3, 0.4) is 0 Å². The number of nitrogens with one attached hydrogen (secondary N) is 1. The molecule has 3 aromatic rings. The van der Waals surface area contributed by atoms with Crippen molar-refractivity contribution in [3.63, 3.8) is 0 Å². The Morgan fingerprint density at radius 1 is 1.13 bits per heavy atom. The molecular formula is C24H29N3O4. The number of para-hydroxylation sites is 1. The van der Waals surface area contributed by atoms with Gasteiger partial charge in [0.1, 0.15) is 18.0 Å². The number of amides is 2. The average molecular weight is 424 g/mol. The zero-order valence-corrected chi connectivity index (χ0v) is 18.4. The minimum Gasteiger partial charge on any atom is -0.497 e. The maximum absolute atomic E-state index is 12.8. The van der Waals surface area contributed by atoms with Crippen LogP contribution in [-0.2, 0) is 16.1 Å². The predicted molar refractivity (Wildman–Crippen MR) is 120 cm³/mol. The second-order valence-corrected chi connectivity index (χ2v) is 7.51. The van der Waals surface area contributed by atoms with Crippen molar-refractivity contribution in [3.05, 3.63) is 60.3 Å². The molecule has 1 N–H and O–H groups in total. The van der Waals surface area contributed by atoms with Crippen LogP contribution in [0.1, 0.15) is 24.9 Å². The summed E-state index contributed by atoms with van der Waals surface area (Å²) in [7, 11) is 5.01. The number of rotatable bonds is 9. The van der Waals surface area contributed by atoms with Gasteiger partial charge in [-0.05, 0) is 36.8 Å². The van der Waals surface area contributed by atoms with Crippen LogP contribution in [-0.4, -0.2) is 49.1 Å². The second-order valence-electron chi connectivity index (χ2n) is 7.51. The molecule has 1 heterocycles. The zero-order chi connectivity index (χ0) is 22.4. The van der Waals surface area contributed by atoms with E-state index in [2.05, 4.69) is 5.32 Å². The molecule has 3 rings (SSSR count). The number of likely N-dealkylation sites (N-methyl/N-ethyl adjacent to an activating group) is 1. The number of carbonyl (C=O) groups is 2. The Hall–Kier alpha value is -3.48. The van der Waals surface area contributed by atoms with E-state index in [1.807, 2.05) is 66.2 Å². The summed E-state index contributed by atoms with van der Waals surface area (Å²) < 4.78 is 12.9. The van der Waals surface area contributed by atoms with Crippen molar-refractivity contribution in [2.75, 3.05) is 27.8 Å². The topological polar surface area (TPSA) is 72.8 Å². The summed E-state index contributed by atoms with van der Waals surface area (Å²) in [6.45, 7) is 2.16. The van der Waals surface area contributed by atoms with Crippen LogP contribution in [0.2, 0.25) is 0 Å². The summed E-state index contributed by atoms with van der Waals surface area (Å²) in [6, 6.07) is 15.0. The van der Waals surface area contributed by atoms with E-state index in [9.17, 15) is 9.59 Å². The van der Waals surface area contributed by atoms with Crippen molar-refractivity contribution >= 4 is 22.7 Å². The molecule has 1 atom stereocenters. The molecule has 0 radical (unpaired) electrons. The van der Waals surface area contributed by atoms with Gasteiger partial charge in [0.25, 0.3) is 5.91 Å². The number of aromatic nitrogens is 1. The van der Waals surface area contributed by atoms with Gasteiger partial charge >= 0.3 is 0 Å². The van der Waals surface area contributed by atoms with Crippen molar-refractivity contribution < 1.29 is 19.1 Å². The fourth-order valence-electron chi connectivity index (χ4n) is 3.41. The lowest BCUT2D eigenvalue weighted by molar-refractivity contribution is -0.130. The first-order valence-corrected chi connectivity index (χ1v) is 10.3. The predicted octanol–water partition coefficient (Wildman–Crippen LogP) is 3.38. The lowest BCUT2D eigenvalue weighted by Gasteiger charge is -2.21. The number of hydrogen-bond acceptors (Lipinski definition) is 4. The van der Waals surface area contributed by atoms with Gasteiger partial charge in [-0.25, -0.2) is 0 Å². The maximum Gasteiger partial charge on any atom is 0.259 e. The Bertz CT molecular complexity index is 1060. The molecule has 2 aromatic carbocycles. The van der Waals surface area contributed by atoms with Crippen molar-refractivity contribution in [2.24, 2.45) is 0 Å². The number of nitrogens with zero attached hydrogens (tertiary/aromatic N) is 2. The molecule has 0 aliphatic heterocycles.